The van der Waals surface area contributed by atoms with Gasteiger partial charge in [0.2, 0.25) is 0 Å². The van der Waals surface area contributed by atoms with Gasteiger partial charge >= 0.3 is 5.97 Å². The summed E-state index contributed by atoms with van der Waals surface area (Å²) >= 11 is 0. The molecule has 0 aliphatic rings. The van der Waals surface area contributed by atoms with E-state index < -0.39 is 24.6 Å². The maximum atomic E-state index is 10.7. The molecule has 6 nitrogen and oxygen atoms in total. The third-order valence-electron chi connectivity index (χ3n) is 2.30. The molecule has 0 bridgehead atoms. The highest BCUT2D eigenvalue weighted by atomic mass is 16.4. The van der Waals surface area contributed by atoms with Crippen molar-refractivity contribution in [2.45, 2.75) is 18.6 Å². The molecule has 2 atom stereocenters. The first-order valence-corrected chi connectivity index (χ1v) is 4.82. The van der Waals surface area contributed by atoms with Crippen LogP contribution in [0.4, 0.5) is 0 Å². The summed E-state index contributed by atoms with van der Waals surface area (Å²) in [4.78, 5) is 21.1. The van der Waals surface area contributed by atoms with Crippen LogP contribution in [-0.2, 0) is 4.79 Å². The SMILES string of the molecule is O=Cc1c(O)cccc1C(O)C(O)CC(=O)O. The molecule has 17 heavy (non-hydrogen) atoms. The largest absolute Gasteiger partial charge is 0.507 e. The molecule has 0 amide bonds. The molecule has 0 spiro atoms. The van der Waals surface area contributed by atoms with Crippen molar-refractivity contribution >= 4 is 12.3 Å². The summed E-state index contributed by atoms with van der Waals surface area (Å²) < 4.78 is 0. The number of rotatable bonds is 5. The fourth-order valence-electron chi connectivity index (χ4n) is 1.45. The number of benzene rings is 1. The Morgan fingerprint density at radius 3 is 2.53 bits per heavy atom. The molecule has 1 aromatic carbocycles. The quantitative estimate of drug-likeness (QED) is 0.541. The van der Waals surface area contributed by atoms with Crippen LogP contribution in [0.25, 0.3) is 0 Å². The monoisotopic (exact) mass is 240 g/mol. The van der Waals surface area contributed by atoms with Gasteiger partial charge in [-0.05, 0) is 11.6 Å². The molecular formula is C11H12O6. The molecule has 0 saturated heterocycles. The molecule has 6 heteroatoms. The molecule has 1 aromatic rings. The van der Waals surface area contributed by atoms with Crippen molar-refractivity contribution < 1.29 is 30.0 Å². The third-order valence-corrected chi connectivity index (χ3v) is 2.30. The van der Waals surface area contributed by atoms with Crippen molar-refractivity contribution in [2.75, 3.05) is 0 Å². The van der Waals surface area contributed by atoms with Gasteiger partial charge in [0.1, 0.15) is 11.9 Å². The van der Waals surface area contributed by atoms with Crippen LogP contribution in [-0.4, -0.2) is 38.8 Å². The second kappa shape index (κ2) is 5.42. The fourth-order valence-corrected chi connectivity index (χ4v) is 1.45. The lowest BCUT2D eigenvalue weighted by Crippen LogP contribution is -2.22. The molecule has 92 valence electrons. The van der Waals surface area contributed by atoms with Crippen LogP contribution >= 0.6 is 0 Å². The Kier molecular flexibility index (Phi) is 4.19. The van der Waals surface area contributed by atoms with E-state index in [9.17, 15) is 24.9 Å². The first kappa shape index (κ1) is 13.1. The van der Waals surface area contributed by atoms with Gasteiger partial charge in [0.05, 0.1) is 18.1 Å². The standard InChI is InChI=1S/C11H12O6/c12-5-7-6(2-1-3-8(7)13)11(17)9(14)4-10(15)16/h1-3,5,9,11,13-14,17H,4H2,(H,15,16). The number of hydrogen-bond acceptors (Lipinski definition) is 5. The van der Waals surface area contributed by atoms with Crippen LogP contribution in [0.2, 0.25) is 0 Å². The normalized spacial score (nSPS) is 14.0. The van der Waals surface area contributed by atoms with Crippen molar-refractivity contribution in [2.24, 2.45) is 0 Å². The van der Waals surface area contributed by atoms with Crippen molar-refractivity contribution in [1.82, 2.24) is 0 Å². The van der Waals surface area contributed by atoms with Gasteiger partial charge in [0.25, 0.3) is 0 Å². The molecule has 0 heterocycles. The molecule has 0 radical (unpaired) electrons. The van der Waals surface area contributed by atoms with E-state index >= 15 is 0 Å². The average molecular weight is 240 g/mol. The van der Waals surface area contributed by atoms with Gasteiger partial charge in [-0.1, -0.05) is 12.1 Å². The maximum Gasteiger partial charge on any atom is 0.306 e. The number of hydrogen-bond donors (Lipinski definition) is 4. The van der Waals surface area contributed by atoms with E-state index in [0.717, 1.165) is 0 Å². The third kappa shape index (κ3) is 3.02. The minimum Gasteiger partial charge on any atom is -0.507 e. The number of aliphatic hydroxyl groups is 2. The van der Waals surface area contributed by atoms with Crippen LogP contribution in [0, 0.1) is 0 Å². The maximum absolute atomic E-state index is 10.7. The summed E-state index contributed by atoms with van der Waals surface area (Å²) in [6.07, 6.45) is -3.41. The molecule has 0 aliphatic heterocycles. The van der Waals surface area contributed by atoms with Gasteiger partial charge in [0.15, 0.2) is 6.29 Å². The first-order chi connectivity index (χ1) is 7.97. The molecule has 2 unspecified atom stereocenters. The van der Waals surface area contributed by atoms with Crippen LogP contribution in [0.15, 0.2) is 18.2 Å². The Balaban J connectivity index is 3.03. The summed E-state index contributed by atoms with van der Waals surface area (Å²) in [7, 11) is 0. The molecule has 0 aromatic heterocycles. The van der Waals surface area contributed by atoms with Gasteiger partial charge in [-0.3, -0.25) is 9.59 Å². The number of carboxylic acid groups (broad SMARTS) is 1. The van der Waals surface area contributed by atoms with Crippen molar-refractivity contribution in [3.05, 3.63) is 29.3 Å². The van der Waals surface area contributed by atoms with Crippen molar-refractivity contribution in [3.8, 4) is 5.75 Å². The topological polar surface area (TPSA) is 115 Å². The summed E-state index contributed by atoms with van der Waals surface area (Å²) in [6, 6.07) is 3.97. The lowest BCUT2D eigenvalue weighted by molar-refractivity contribution is -0.141. The second-order valence-electron chi connectivity index (χ2n) is 3.51. The van der Waals surface area contributed by atoms with Gasteiger partial charge in [0, 0.05) is 0 Å². The Hall–Kier alpha value is -1.92. The van der Waals surface area contributed by atoms with Gasteiger partial charge in [-0.15, -0.1) is 0 Å². The van der Waals surface area contributed by atoms with Crippen molar-refractivity contribution in [3.63, 3.8) is 0 Å². The van der Waals surface area contributed by atoms with Gasteiger partial charge in [-0.25, -0.2) is 0 Å². The molecule has 0 fully saturated rings. The van der Waals surface area contributed by atoms with Gasteiger partial charge in [-0.2, -0.15) is 0 Å². The summed E-state index contributed by atoms with van der Waals surface area (Å²) in [5, 5.41) is 36.9. The number of carbonyl (C=O) groups is 2. The number of aliphatic carboxylic acids is 1. The first-order valence-electron chi connectivity index (χ1n) is 4.82. The minimum absolute atomic E-state index is 0.00579. The zero-order valence-corrected chi connectivity index (χ0v) is 8.78. The highest BCUT2D eigenvalue weighted by Crippen LogP contribution is 2.27. The number of carboxylic acids is 1. The van der Waals surface area contributed by atoms with Crippen LogP contribution in [0.5, 0.6) is 5.75 Å². The fraction of sp³-hybridized carbons (Fsp3) is 0.273. The Bertz CT molecular complexity index is 428. The predicted octanol–water partition coefficient (Wildman–Crippen LogP) is 0.0737. The molecule has 0 aliphatic carbocycles. The number of phenolic OH excluding ortho intramolecular Hbond substituents is 1. The van der Waals surface area contributed by atoms with E-state index in [2.05, 4.69) is 0 Å². The van der Waals surface area contributed by atoms with Crippen LogP contribution in [0.1, 0.15) is 28.4 Å². The van der Waals surface area contributed by atoms with Crippen LogP contribution in [0.3, 0.4) is 0 Å². The lowest BCUT2D eigenvalue weighted by atomic mass is 9.97. The smallest absolute Gasteiger partial charge is 0.306 e. The Morgan fingerprint density at radius 2 is 2.00 bits per heavy atom. The Morgan fingerprint density at radius 1 is 1.35 bits per heavy atom. The van der Waals surface area contributed by atoms with Crippen molar-refractivity contribution in [1.29, 1.82) is 0 Å². The zero-order chi connectivity index (χ0) is 13.0. The second-order valence-corrected chi connectivity index (χ2v) is 3.51. The number of aromatic hydroxyl groups is 1. The highest BCUT2D eigenvalue weighted by molar-refractivity contribution is 5.81. The lowest BCUT2D eigenvalue weighted by Gasteiger charge is -2.18. The van der Waals surface area contributed by atoms with E-state index in [0.29, 0.717) is 6.29 Å². The van der Waals surface area contributed by atoms with E-state index in [1.807, 2.05) is 0 Å². The average Bonchev–Trinajstić information content (AvgIpc) is 2.26. The van der Waals surface area contributed by atoms with E-state index in [4.69, 9.17) is 5.11 Å². The number of aliphatic hydroxyl groups excluding tert-OH is 2. The highest BCUT2D eigenvalue weighted by Gasteiger charge is 2.24. The number of phenols is 1. The predicted molar refractivity (Wildman–Crippen MR) is 56.7 cm³/mol. The summed E-state index contributed by atoms with van der Waals surface area (Å²) in [5.41, 5.74) is -0.168. The molecular weight excluding hydrogens is 228 g/mol. The number of carbonyl (C=O) groups excluding carboxylic acids is 1. The molecule has 0 saturated carbocycles. The molecule has 4 N–H and O–H groups in total. The van der Waals surface area contributed by atoms with E-state index in [1.165, 1.54) is 18.2 Å². The van der Waals surface area contributed by atoms with E-state index in [-0.39, 0.29) is 16.9 Å². The van der Waals surface area contributed by atoms with Crippen LogP contribution < -0.4 is 0 Å². The minimum atomic E-state index is -1.55. The summed E-state index contributed by atoms with van der Waals surface area (Å²) in [6.45, 7) is 0. The van der Waals surface area contributed by atoms with E-state index in [1.54, 1.807) is 0 Å². The Labute approximate surface area is 96.8 Å². The zero-order valence-electron chi connectivity index (χ0n) is 8.78. The summed E-state index contributed by atoms with van der Waals surface area (Å²) in [5.74, 6) is -1.61. The van der Waals surface area contributed by atoms with Gasteiger partial charge < -0.3 is 20.4 Å². The molecule has 1 rings (SSSR count). The number of aldehydes is 1.